The lowest BCUT2D eigenvalue weighted by Crippen LogP contribution is -2.33. The normalized spacial score (nSPS) is 19.8. The molecule has 0 bridgehead atoms. The van der Waals surface area contributed by atoms with Crippen LogP contribution in [0.15, 0.2) is 76.3 Å². The van der Waals surface area contributed by atoms with Crippen molar-refractivity contribution in [3.8, 4) is 11.5 Å². The maximum absolute atomic E-state index is 6.42. The Morgan fingerprint density at radius 1 is 1.07 bits per heavy atom. The maximum Gasteiger partial charge on any atom is 0.213 e. The molecular weight excluding hydrogens is 428 g/mol. The summed E-state index contributed by atoms with van der Waals surface area (Å²) >= 11 is 3.60. The Kier molecular flexibility index (Phi) is 4.55. The smallest absolute Gasteiger partial charge is 0.213 e. The standard InChI is InChI=1S/C24H21BrN2O2/c1-15-7-9-16(10-8-15)20-14-21-18-5-3-4-6-22(18)29-24(27(21)26-20)17-11-12-23(28-2)19(25)13-17/h3-13,21,24H,14H2,1-2H3/t21-,24-/m0/s1. The van der Waals surface area contributed by atoms with Gasteiger partial charge in [-0.2, -0.15) is 5.10 Å². The van der Waals surface area contributed by atoms with Crippen molar-refractivity contribution in [1.29, 1.82) is 0 Å². The van der Waals surface area contributed by atoms with Crippen molar-refractivity contribution in [2.75, 3.05) is 7.11 Å². The molecule has 2 atom stereocenters. The molecule has 0 aromatic heterocycles. The highest BCUT2D eigenvalue weighted by Crippen LogP contribution is 2.48. The second kappa shape index (κ2) is 7.23. The molecule has 0 saturated heterocycles. The molecule has 0 saturated carbocycles. The van der Waals surface area contributed by atoms with Gasteiger partial charge in [-0.3, -0.25) is 0 Å². The third kappa shape index (κ3) is 3.19. The zero-order valence-corrected chi connectivity index (χ0v) is 17.9. The van der Waals surface area contributed by atoms with E-state index in [-0.39, 0.29) is 12.3 Å². The van der Waals surface area contributed by atoms with Crippen LogP contribution in [0.5, 0.6) is 11.5 Å². The number of aryl methyl sites for hydroxylation is 1. The molecule has 0 spiro atoms. The van der Waals surface area contributed by atoms with Crippen LogP contribution in [0.25, 0.3) is 0 Å². The van der Waals surface area contributed by atoms with Crippen LogP contribution in [-0.4, -0.2) is 17.8 Å². The Hall–Kier alpha value is -2.79. The summed E-state index contributed by atoms with van der Waals surface area (Å²) < 4.78 is 12.7. The first-order chi connectivity index (χ1) is 14.1. The summed E-state index contributed by atoms with van der Waals surface area (Å²) in [7, 11) is 1.67. The topological polar surface area (TPSA) is 34.1 Å². The molecule has 5 rings (SSSR count). The van der Waals surface area contributed by atoms with Crippen molar-refractivity contribution in [1.82, 2.24) is 5.01 Å². The van der Waals surface area contributed by atoms with Crippen molar-refractivity contribution < 1.29 is 9.47 Å². The summed E-state index contributed by atoms with van der Waals surface area (Å²) in [6.07, 6.45) is 0.567. The van der Waals surface area contributed by atoms with Crippen LogP contribution >= 0.6 is 15.9 Å². The summed E-state index contributed by atoms with van der Waals surface area (Å²) in [6.45, 7) is 2.10. The Balaban J connectivity index is 1.58. The number of benzene rings is 3. The Labute approximate surface area is 178 Å². The first-order valence-electron chi connectivity index (χ1n) is 9.66. The zero-order valence-electron chi connectivity index (χ0n) is 16.3. The van der Waals surface area contributed by atoms with Gasteiger partial charge < -0.3 is 9.47 Å². The van der Waals surface area contributed by atoms with E-state index in [9.17, 15) is 0 Å². The number of ether oxygens (including phenoxy) is 2. The molecule has 5 heteroatoms. The summed E-state index contributed by atoms with van der Waals surface area (Å²) in [5.74, 6) is 1.72. The first kappa shape index (κ1) is 18.3. The van der Waals surface area contributed by atoms with Crippen molar-refractivity contribution in [2.24, 2.45) is 5.10 Å². The highest BCUT2D eigenvalue weighted by molar-refractivity contribution is 9.10. The molecule has 0 N–H and O–H groups in total. The van der Waals surface area contributed by atoms with E-state index < -0.39 is 0 Å². The molecule has 0 radical (unpaired) electrons. The number of rotatable bonds is 3. The maximum atomic E-state index is 6.42. The van der Waals surface area contributed by atoms with Gasteiger partial charge in [-0.15, -0.1) is 0 Å². The number of methoxy groups -OCH3 is 1. The number of hydrogen-bond donors (Lipinski definition) is 0. The average Bonchev–Trinajstić information content (AvgIpc) is 3.19. The number of fused-ring (bicyclic) bond motifs is 3. The minimum atomic E-state index is -0.292. The Morgan fingerprint density at radius 3 is 2.62 bits per heavy atom. The van der Waals surface area contributed by atoms with E-state index in [0.29, 0.717) is 0 Å². The van der Waals surface area contributed by atoms with Crippen molar-refractivity contribution >= 4 is 21.6 Å². The second-order valence-corrected chi connectivity index (χ2v) is 8.27. The predicted molar refractivity (Wildman–Crippen MR) is 117 cm³/mol. The quantitative estimate of drug-likeness (QED) is 0.491. The molecule has 3 aromatic rings. The third-order valence-corrected chi connectivity index (χ3v) is 6.16. The molecule has 146 valence electrons. The van der Waals surface area contributed by atoms with Crippen molar-refractivity contribution in [2.45, 2.75) is 25.6 Å². The number of halogens is 1. The average molecular weight is 449 g/mol. The van der Waals surface area contributed by atoms with Crippen LogP contribution < -0.4 is 9.47 Å². The minimum Gasteiger partial charge on any atom is -0.496 e. The van der Waals surface area contributed by atoms with Gasteiger partial charge in [0, 0.05) is 17.5 Å². The zero-order chi connectivity index (χ0) is 20.0. The van der Waals surface area contributed by atoms with Gasteiger partial charge in [-0.25, -0.2) is 5.01 Å². The lowest BCUT2D eigenvalue weighted by Gasteiger charge is -2.38. The molecule has 2 aliphatic heterocycles. The summed E-state index contributed by atoms with van der Waals surface area (Å²) in [5, 5.41) is 7.12. The fraction of sp³-hybridized carbons (Fsp3) is 0.208. The first-order valence-corrected chi connectivity index (χ1v) is 10.5. The Morgan fingerprint density at radius 2 is 1.86 bits per heavy atom. The predicted octanol–water partition coefficient (Wildman–Crippen LogP) is 6.01. The van der Waals surface area contributed by atoms with Crippen LogP contribution in [0.4, 0.5) is 0 Å². The monoisotopic (exact) mass is 448 g/mol. The van der Waals surface area contributed by atoms with Crippen LogP contribution in [0, 0.1) is 6.92 Å². The number of nitrogens with zero attached hydrogens (tertiary/aromatic N) is 2. The highest BCUT2D eigenvalue weighted by Gasteiger charge is 2.40. The van der Waals surface area contributed by atoms with E-state index in [4.69, 9.17) is 14.6 Å². The fourth-order valence-corrected chi connectivity index (χ4v) is 4.57. The molecule has 0 fully saturated rings. The molecule has 0 unspecified atom stereocenters. The van der Waals surface area contributed by atoms with Gasteiger partial charge in [0.25, 0.3) is 0 Å². The third-order valence-electron chi connectivity index (χ3n) is 5.54. The Bertz CT molecular complexity index is 1090. The fourth-order valence-electron chi connectivity index (χ4n) is 4.01. The summed E-state index contributed by atoms with van der Waals surface area (Å²) in [6, 6.07) is 23.0. The van der Waals surface area contributed by atoms with E-state index in [1.54, 1.807) is 7.11 Å². The largest absolute Gasteiger partial charge is 0.496 e. The van der Waals surface area contributed by atoms with E-state index in [1.807, 2.05) is 30.3 Å². The molecule has 0 aliphatic carbocycles. The van der Waals surface area contributed by atoms with E-state index in [1.165, 1.54) is 11.1 Å². The lowest BCUT2D eigenvalue weighted by atomic mass is 9.95. The van der Waals surface area contributed by atoms with E-state index >= 15 is 0 Å². The molecule has 4 nitrogen and oxygen atoms in total. The lowest BCUT2D eigenvalue weighted by molar-refractivity contribution is -0.0190. The van der Waals surface area contributed by atoms with Crippen molar-refractivity contribution in [3.63, 3.8) is 0 Å². The van der Waals surface area contributed by atoms with Gasteiger partial charge in [0.2, 0.25) is 6.23 Å². The van der Waals surface area contributed by atoms with E-state index in [0.717, 1.165) is 39.2 Å². The summed E-state index contributed by atoms with van der Waals surface area (Å²) in [5.41, 5.74) is 5.72. The van der Waals surface area contributed by atoms with Crippen molar-refractivity contribution in [3.05, 3.63) is 93.5 Å². The van der Waals surface area contributed by atoms with Gasteiger partial charge in [0.1, 0.15) is 11.5 Å². The van der Waals surface area contributed by atoms with Crippen LogP contribution in [0.1, 0.15) is 40.9 Å². The SMILES string of the molecule is COc1ccc([C@@H]2Oc3ccccc3[C@@H]3CC(c4ccc(C)cc4)=NN32)cc1Br. The second-order valence-electron chi connectivity index (χ2n) is 7.41. The summed E-state index contributed by atoms with van der Waals surface area (Å²) in [4.78, 5) is 0. The van der Waals surface area contributed by atoms with Crippen LogP contribution in [0.3, 0.4) is 0 Å². The highest BCUT2D eigenvalue weighted by atomic mass is 79.9. The number of hydrazone groups is 1. The molecule has 29 heavy (non-hydrogen) atoms. The van der Waals surface area contributed by atoms with E-state index in [2.05, 4.69) is 64.3 Å². The van der Waals surface area contributed by atoms with Crippen LogP contribution in [0.2, 0.25) is 0 Å². The van der Waals surface area contributed by atoms with Gasteiger partial charge in [-0.1, -0.05) is 48.0 Å². The number of para-hydroxylation sites is 1. The molecule has 0 amide bonds. The van der Waals surface area contributed by atoms with Crippen LogP contribution in [-0.2, 0) is 0 Å². The molecule has 2 aliphatic rings. The number of hydrogen-bond acceptors (Lipinski definition) is 4. The molecular formula is C24H21BrN2O2. The van der Waals surface area contributed by atoms with Gasteiger partial charge >= 0.3 is 0 Å². The van der Waals surface area contributed by atoms with Gasteiger partial charge in [-0.05, 0) is 52.7 Å². The molecule has 3 aromatic carbocycles. The van der Waals surface area contributed by atoms with Gasteiger partial charge in [0.15, 0.2) is 0 Å². The van der Waals surface area contributed by atoms with Gasteiger partial charge in [0.05, 0.1) is 23.3 Å². The molecule has 2 heterocycles. The minimum absolute atomic E-state index is 0.155.